The van der Waals surface area contributed by atoms with Crippen LogP contribution in [0.1, 0.15) is 31.8 Å². The number of carbonyl (C=O) groups is 2. The number of hydrogen-bond donors (Lipinski definition) is 2. The summed E-state index contributed by atoms with van der Waals surface area (Å²) in [6.45, 7) is 1.88. The molecule has 0 atom stereocenters. The Morgan fingerprint density at radius 1 is 1.04 bits per heavy atom. The Balaban J connectivity index is 1.70. The van der Waals surface area contributed by atoms with Crippen LogP contribution in [0.2, 0.25) is 5.02 Å². The molecule has 0 bridgehead atoms. The molecular weight excluding hydrogens is 381 g/mol. The molecule has 3 aromatic rings. The van der Waals surface area contributed by atoms with Crippen LogP contribution in [0.4, 0.5) is 10.1 Å². The Morgan fingerprint density at radius 2 is 1.75 bits per heavy atom. The van der Waals surface area contributed by atoms with Gasteiger partial charge in [-0.2, -0.15) is 0 Å². The van der Waals surface area contributed by atoms with Crippen LogP contribution in [0.25, 0.3) is 0 Å². The number of amides is 2. The molecular formula is C21H17ClFN3O2. The molecule has 28 heavy (non-hydrogen) atoms. The van der Waals surface area contributed by atoms with Crippen molar-refractivity contribution < 1.29 is 14.0 Å². The van der Waals surface area contributed by atoms with Crippen LogP contribution in [0.3, 0.4) is 0 Å². The molecule has 0 radical (unpaired) electrons. The lowest BCUT2D eigenvalue weighted by atomic mass is 10.1. The predicted molar refractivity (Wildman–Crippen MR) is 106 cm³/mol. The number of hydrogen-bond acceptors (Lipinski definition) is 3. The highest BCUT2D eigenvalue weighted by Gasteiger charge is 2.13. The number of benzene rings is 2. The van der Waals surface area contributed by atoms with Crippen molar-refractivity contribution in [3.05, 3.63) is 94.0 Å². The van der Waals surface area contributed by atoms with Crippen LogP contribution in [0.5, 0.6) is 0 Å². The van der Waals surface area contributed by atoms with Gasteiger partial charge in [-0.1, -0.05) is 35.9 Å². The molecule has 5 nitrogen and oxygen atoms in total. The van der Waals surface area contributed by atoms with Crippen LogP contribution >= 0.6 is 11.6 Å². The van der Waals surface area contributed by atoms with E-state index in [1.54, 1.807) is 36.4 Å². The van der Waals surface area contributed by atoms with Gasteiger partial charge in [-0.15, -0.1) is 0 Å². The summed E-state index contributed by atoms with van der Waals surface area (Å²) in [6, 6.07) is 12.8. The van der Waals surface area contributed by atoms with Gasteiger partial charge in [0.15, 0.2) is 0 Å². The summed E-state index contributed by atoms with van der Waals surface area (Å²) in [5.41, 5.74) is 2.22. The first-order chi connectivity index (χ1) is 13.4. The van der Waals surface area contributed by atoms with E-state index in [4.69, 9.17) is 11.6 Å². The van der Waals surface area contributed by atoms with E-state index < -0.39 is 17.6 Å². The lowest BCUT2D eigenvalue weighted by Gasteiger charge is -2.10. The molecule has 0 aliphatic rings. The number of pyridine rings is 1. The van der Waals surface area contributed by atoms with Gasteiger partial charge in [0.05, 0.1) is 11.1 Å². The molecule has 2 N–H and O–H groups in total. The van der Waals surface area contributed by atoms with Gasteiger partial charge >= 0.3 is 0 Å². The Bertz CT molecular complexity index is 1040. The molecule has 0 unspecified atom stereocenters. The second-order valence-corrected chi connectivity index (χ2v) is 6.59. The van der Waals surface area contributed by atoms with Crippen molar-refractivity contribution in [2.75, 3.05) is 5.32 Å². The highest BCUT2D eigenvalue weighted by molar-refractivity contribution is 6.31. The minimum atomic E-state index is -0.454. The first-order valence-electron chi connectivity index (χ1n) is 8.48. The number of aromatic nitrogens is 1. The molecule has 1 aromatic heterocycles. The van der Waals surface area contributed by atoms with Crippen molar-refractivity contribution in [2.24, 2.45) is 0 Å². The van der Waals surface area contributed by atoms with Gasteiger partial charge in [-0.05, 0) is 36.8 Å². The molecule has 0 aliphatic heterocycles. The van der Waals surface area contributed by atoms with E-state index in [0.29, 0.717) is 16.3 Å². The number of carbonyl (C=O) groups excluding carboxylic acids is 2. The van der Waals surface area contributed by atoms with E-state index in [0.717, 1.165) is 5.56 Å². The van der Waals surface area contributed by atoms with Crippen molar-refractivity contribution in [1.82, 2.24) is 10.3 Å². The van der Waals surface area contributed by atoms with Crippen molar-refractivity contribution in [1.29, 1.82) is 0 Å². The first kappa shape index (κ1) is 19.5. The molecule has 0 saturated heterocycles. The lowest BCUT2D eigenvalue weighted by Crippen LogP contribution is -2.24. The second-order valence-electron chi connectivity index (χ2n) is 6.15. The van der Waals surface area contributed by atoms with E-state index in [9.17, 15) is 14.0 Å². The Labute approximate surface area is 166 Å². The van der Waals surface area contributed by atoms with Gasteiger partial charge in [-0.3, -0.25) is 14.6 Å². The third-order valence-corrected chi connectivity index (χ3v) is 4.34. The molecule has 1 heterocycles. The summed E-state index contributed by atoms with van der Waals surface area (Å²) in [6.07, 6.45) is 2.71. The zero-order chi connectivity index (χ0) is 20.1. The summed E-state index contributed by atoms with van der Waals surface area (Å²) >= 11 is 5.97. The number of rotatable bonds is 5. The normalized spacial score (nSPS) is 10.4. The number of nitrogens with one attached hydrogen (secondary N) is 2. The van der Waals surface area contributed by atoms with Gasteiger partial charge in [-0.25, -0.2) is 4.39 Å². The summed E-state index contributed by atoms with van der Waals surface area (Å²) < 4.78 is 13.7. The number of nitrogens with zero attached hydrogens (tertiary/aromatic N) is 1. The zero-order valence-electron chi connectivity index (χ0n) is 15.0. The fourth-order valence-corrected chi connectivity index (χ4v) is 2.70. The highest BCUT2D eigenvalue weighted by atomic mass is 35.5. The molecule has 2 amide bonds. The maximum Gasteiger partial charge on any atom is 0.257 e. The monoisotopic (exact) mass is 397 g/mol. The lowest BCUT2D eigenvalue weighted by molar-refractivity contribution is 0.0950. The largest absolute Gasteiger partial charge is 0.348 e. The van der Waals surface area contributed by atoms with Crippen molar-refractivity contribution in [3.63, 3.8) is 0 Å². The van der Waals surface area contributed by atoms with Crippen LogP contribution in [-0.4, -0.2) is 16.8 Å². The summed E-state index contributed by atoms with van der Waals surface area (Å²) in [5.74, 6) is -1.27. The van der Waals surface area contributed by atoms with Gasteiger partial charge in [0.1, 0.15) is 5.82 Å². The van der Waals surface area contributed by atoms with Crippen LogP contribution in [0, 0.1) is 12.7 Å². The summed E-state index contributed by atoms with van der Waals surface area (Å²) in [4.78, 5) is 28.8. The third-order valence-electron chi connectivity index (χ3n) is 4.11. The Morgan fingerprint density at radius 3 is 2.50 bits per heavy atom. The number of halogens is 2. The highest BCUT2D eigenvalue weighted by Crippen LogP contribution is 2.21. The number of anilines is 1. The van der Waals surface area contributed by atoms with Gasteiger partial charge in [0.25, 0.3) is 11.8 Å². The van der Waals surface area contributed by atoms with E-state index in [1.807, 2.05) is 6.92 Å². The third kappa shape index (κ3) is 4.72. The standard InChI is InChI=1S/C21H17ClFN3O2/c1-13-6-7-17(22)9-19(13)26-21(28)16-8-15(10-24-11-16)20(27)25-12-14-4-2-3-5-18(14)23/h2-11H,12H2,1H3,(H,25,27)(H,26,28). The smallest absolute Gasteiger partial charge is 0.257 e. The second kappa shape index (κ2) is 8.63. The van der Waals surface area contributed by atoms with E-state index in [-0.39, 0.29) is 17.7 Å². The fraction of sp³-hybridized carbons (Fsp3) is 0.0952. The minimum absolute atomic E-state index is 0.0314. The molecule has 142 valence electrons. The van der Waals surface area contributed by atoms with Crippen molar-refractivity contribution in [3.8, 4) is 0 Å². The molecule has 0 aliphatic carbocycles. The van der Waals surface area contributed by atoms with Crippen molar-refractivity contribution >= 4 is 29.1 Å². The average Bonchev–Trinajstić information content (AvgIpc) is 2.70. The van der Waals surface area contributed by atoms with Crippen LogP contribution in [-0.2, 0) is 6.54 Å². The molecule has 3 rings (SSSR count). The fourth-order valence-electron chi connectivity index (χ4n) is 2.53. The van der Waals surface area contributed by atoms with Crippen molar-refractivity contribution in [2.45, 2.75) is 13.5 Å². The van der Waals surface area contributed by atoms with E-state index in [1.165, 1.54) is 24.5 Å². The van der Waals surface area contributed by atoms with Crippen LogP contribution < -0.4 is 10.6 Å². The van der Waals surface area contributed by atoms with Gasteiger partial charge in [0.2, 0.25) is 0 Å². The summed E-state index contributed by atoms with van der Waals surface area (Å²) in [7, 11) is 0. The topological polar surface area (TPSA) is 71.1 Å². The average molecular weight is 398 g/mol. The first-order valence-corrected chi connectivity index (χ1v) is 8.86. The van der Waals surface area contributed by atoms with E-state index >= 15 is 0 Å². The molecule has 0 saturated carbocycles. The number of aryl methyl sites for hydroxylation is 1. The van der Waals surface area contributed by atoms with Gasteiger partial charge < -0.3 is 10.6 Å². The Kier molecular flexibility index (Phi) is 6.01. The molecule has 0 fully saturated rings. The molecule has 7 heteroatoms. The van der Waals surface area contributed by atoms with Crippen LogP contribution in [0.15, 0.2) is 60.9 Å². The summed E-state index contributed by atoms with van der Waals surface area (Å²) in [5, 5.41) is 5.87. The predicted octanol–water partition coefficient (Wildman–Crippen LogP) is 4.36. The van der Waals surface area contributed by atoms with E-state index in [2.05, 4.69) is 15.6 Å². The quantitative estimate of drug-likeness (QED) is 0.671. The minimum Gasteiger partial charge on any atom is -0.348 e. The Hall–Kier alpha value is -3.25. The van der Waals surface area contributed by atoms with Gasteiger partial charge in [0, 0.05) is 35.2 Å². The molecule has 0 spiro atoms. The maximum atomic E-state index is 13.7. The zero-order valence-corrected chi connectivity index (χ0v) is 15.8. The maximum absolute atomic E-state index is 13.7. The SMILES string of the molecule is Cc1ccc(Cl)cc1NC(=O)c1cncc(C(=O)NCc2ccccc2F)c1. The molecule has 2 aromatic carbocycles.